The van der Waals surface area contributed by atoms with Crippen molar-refractivity contribution in [2.45, 2.75) is 24.9 Å². The van der Waals surface area contributed by atoms with Gasteiger partial charge in [0.2, 0.25) is 5.91 Å². The van der Waals surface area contributed by atoms with Crippen molar-refractivity contribution in [2.24, 2.45) is 14.1 Å². The fraction of sp³-hybridized carbons (Fsp3) is 0.500. The molecule has 1 unspecified atom stereocenters. The number of rotatable bonds is 1. The van der Waals surface area contributed by atoms with E-state index in [9.17, 15) is 9.59 Å². The maximum Gasteiger partial charge on any atom is 0.328 e. The van der Waals surface area contributed by atoms with Crippen LogP contribution in [0, 0.1) is 0 Å². The Morgan fingerprint density at radius 1 is 1.14 bits per heavy atom. The van der Waals surface area contributed by atoms with E-state index in [1.807, 2.05) is 17.0 Å². The van der Waals surface area contributed by atoms with Gasteiger partial charge in [0, 0.05) is 27.1 Å². The summed E-state index contributed by atoms with van der Waals surface area (Å²) < 4.78 is 3.32. The number of nitrogens with zero attached hydrogens (tertiary/aromatic N) is 3. The highest BCUT2D eigenvalue weighted by molar-refractivity contribution is 5.82. The first-order valence-electron chi connectivity index (χ1n) is 7.76. The van der Waals surface area contributed by atoms with Gasteiger partial charge in [-0.25, -0.2) is 4.79 Å². The van der Waals surface area contributed by atoms with E-state index in [0.29, 0.717) is 6.42 Å². The number of fused-ring (bicyclic) bond motifs is 2. The molecule has 1 atom stereocenters. The highest BCUT2D eigenvalue weighted by atomic mass is 16.2. The van der Waals surface area contributed by atoms with Gasteiger partial charge in [-0.15, -0.1) is 0 Å². The van der Waals surface area contributed by atoms with E-state index in [-0.39, 0.29) is 11.6 Å². The molecule has 6 nitrogen and oxygen atoms in total. The van der Waals surface area contributed by atoms with Crippen LogP contribution in [0.4, 0.5) is 0 Å². The molecule has 1 N–H and O–H groups in total. The van der Waals surface area contributed by atoms with E-state index in [1.165, 1.54) is 0 Å². The largest absolute Gasteiger partial charge is 0.328 e. The second-order valence-corrected chi connectivity index (χ2v) is 6.29. The molecule has 1 aromatic heterocycles. The Morgan fingerprint density at radius 2 is 1.91 bits per heavy atom. The lowest BCUT2D eigenvalue weighted by Gasteiger charge is -2.43. The molecule has 116 valence electrons. The molecule has 2 aliphatic rings. The summed E-state index contributed by atoms with van der Waals surface area (Å²) >= 11 is 0. The van der Waals surface area contributed by atoms with Gasteiger partial charge < -0.3 is 4.90 Å². The summed E-state index contributed by atoms with van der Waals surface area (Å²) in [4.78, 5) is 26.3. The van der Waals surface area contributed by atoms with Gasteiger partial charge in [0.25, 0.3) is 0 Å². The summed E-state index contributed by atoms with van der Waals surface area (Å²) in [6, 6.07) is 6.09. The zero-order chi connectivity index (χ0) is 15.5. The minimum Gasteiger partial charge on any atom is -0.320 e. The summed E-state index contributed by atoms with van der Waals surface area (Å²) in [5, 5.41) is 3.56. The Balaban J connectivity index is 1.92. The lowest BCUT2D eigenvalue weighted by atomic mass is 9.94. The lowest BCUT2D eigenvalue weighted by molar-refractivity contribution is -0.133. The Hall–Kier alpha value is -2.08. The standard InChI is InChI=1S/C16H20N4O2/c1-18-12-5-4-11(10-13(12)19(2)15(18)22)16-7-6-14(21)20(16)9-3-8-17-16/h4-5,10,17H,3,6-9H2,1-2H3. The summed E-state index contributed by atoms with van der Waals surface area (Å²) in [5.74, 6) is 0.217. The van der Waals surface area contributed by atoms with Crippen molar-refractivity contribution in [3.05, 3.63) is 34.2 Å². The Labute approximate surface area is 128 Å². The zero-order valence-corrected chi connectivity index (χ0v) is 12.9. The molecule has 0 spiro atoms. The normalized spacial score (nSPS) is 25.0. The first-order valence-corrected chi connectivity index (χ1v) is 7.76. The van der Waals surface area contributed by atoms with Crippen molar-refractivity contribution >= 4 is 16.9 Å². The molecule has 6 heteroatoms. The second kappa shape index (κ2) is 4.46. The van der Waals surface area contributed by atoms with Crippen LogP contribution in [0.1, 0.15) is 24.8 Å². The Morgan fingerprint density at radius 3 is 2.73 bits per heavy atom. The predicted octanol–water partition coefficient (Wildman–Crippen LogP) is 0.645. The molecule has 0 radical (unpaired) electrons. The van der Waals surface area contributed by atoms with E-state index in [1.54, 1.807) is 23.2 Å². The number of hydrogen-bond acceptors (Lipinski definition) is 3. The Bertz CT molecular complexity index is 835. The third-order valence-electron chi connectivity index (χ3n) is 5.19. The summed E-state index contributed by atoms with van der Waals surface area (Å²) in [7, 11) is 3.57. The molecule has 22 heavy (non-hydrogen) atoms. The fourth-order valence-corrected chi connectivity index (χ4v) is 3.97. The first kappa shape index (κ1) is 13.6. The van der Waals surface area contributed by atoms with E-state index in [0.717, 1.165) is 42.5 Å². The number of amides is 1. The molecular weight excluding hydrogens is 280 g/mol. The topological polar surface area (TPSA) is 59.3 Å². The van der Waals surface area contributed by atoms with Gasteiger partial charge in [-0.3, -0.25) is 19.2 Å². The minimum atomic E-state index is -0.393. The smallest absolute Gasteiger partial charge is 0.320 e. The predicted molar refractivity (Wildman–Crippen MR) is 83.4 cm³/mol. The molecule has 2 saturated heterocycles. The van der Waals surface area contributed by atoms with Gasteiger partial charge in [-0.05, 0) is 37.1 Å². The molecule has 0 bridgehead atoms. The van der Waals surface area contributed by atoms with Crippen LogP contribution in [0.3, 0.4) is 0 Å². The van der Waals surface area contributed by atoms with Crippen LogP contribution in [0.25, 0.3) is 11.0 Å². The minimum absolute atomic E-state index is 0.0272. The van der Waals surface area contributed by atoms with Gasteiger partial charge in [-0.2, -0.15) is 0 Å². The lowest BCUT2D eigenvalue weighted by Crippen LogP contribution is -2.58. The molecule has 0 saturated carbocycles. The van der Waals surface area contributed by atoms with Crippen LogP contribution < -0.4 is 11.0 Å². The maximum atomic E-state index is 12.2. The number of carbonyl (C=O) groups is 1. The van der Waals surface area contributed by atoms with Crippen molar-refractivity contribution < 1.29 is 4.79 Å². The van der Waals surface area contributed by atoms with Gasteiger partial charge in [-0.1, -0.05) is 6.07 Å². The molecule has 3 heterocycles. The first-order chi connectivity index (χ1) is 10.5. The number of hydrogen-bond donors (Lipinski definition) is 1. The zero-order valence-electron chi connectivity index (χ0n) is 12.9. The van der Waals surface area contributed by atoms with Crippen LogP contribution in [-0.4, -0.2) is 33.0 Å². The van der Waals surface area contributed by atoms with Crippen LogP contribution in [0.15, 0.2) is 23.0 Å². The van der Waals surface area contributed by atoms with Gasteiger partial charge in [0.15, 0.2) is 0 Å². The number of aromatic nitrogens is 2. The highest BCUT2D eigenvalue weighted by Crippen LogP contribution is 2.39. The van der Waals surface area contributed by atoms with Crippen LogP contribution in [0.2, 0.25) is 0 Å². The van der Waals surface area contributed by atoms with Gasteiger partial charge in [0.1, 0.15) is 5.66 Å². The third-order valence-corrected chi connectivity index (χ3v) is 5.19. The fourth-order valence-electron chi connectivity index (χ4n) is 3.97. The summed E-state index contributed by atoms with van der Waals surface area (Å²) in [6.07, 6.45) is 2.36. The number of nitrogens with one attached hydrogen (secondary N) is 1. The SMILES string of the molecule is Cn1c(=O)n(C)c2cc(C34CCC(=O)N3CCCN4)ccc21. The van der Waals surface area contributed by atoms with Crippen molar-refractivity contribution in [1.29, 1.82) is 0 Å². The van der Waals surface area contributed by atoms with Crippen LogP contribution in [-0.2, 0) is 24.6 Å². The maximum absolute atomic E-state index is 12.2. The molecule has 0 aliphatic carbocycles. The van der Waals surface area contributed by atoms with Crippen LogP contribution in [0.5, 0.6) is 0 Å². The average Bonchev–Trinajstić information content (AvgIpc) is 3.00. The molecule has 2 fully saturated rings. The summed E-state index contributed by atoms with van der Waals surface area (Å²) in [5.41, 5.74) is 2.48. The van der Waals surface area contributed by atoms with Gasteiger partial charge in [0.05, 0.1) is 11.0 Å². The number of benzene rings is 1. The van der Waals surface area contributed by atoms with E-state index in [2.05, 4.69) is 11.4 Å². The molecule has 4 rings (SSSR count). The number of carbonyl (C=O) groups excluding carboxylic acids is 1. The van der Waals surface area contributed by atoms with Gasteiger partial charge >= 0.3 is 5.69 Å². The molecule has 2 aliphatic heterocycles. The van der Waals surface area contributed by atoms with E-state index < -0.39 is 5.66 Å². The van der Waals surface area contributed by atoms with Crippen molar-refractivity contribution in [2.75, 3.05) is 13.1 Å². The van der Waals surface area contributed by atoms with E-state index in [4.69, 9.17) is 0 Å². The summed E-state index contributed by atoms with van der Waals surface area (Å²) in [6.45, 7) is 1.72. The van der Waals surface area contributed by atoms with Crippen molar-refractivity contribution in [3.63, 3.8) is 0 Å². The number of aryl methyl sites for hydroxylation is 2. The van der Waals surface area contributed by atoms with Crippen LogP contribution >= 0.6 is 0 Å². The third kappa shape index (κ3) is 1.58. The molecular formula is C16H20N4O2. The molecule has 1 aromatic carbocycles. The highest BCUT2D eigenvalue weighted by Gasteiger charge is 2.47. The average molecular weight is 300 g/mol. The Kier molecular flexibility index (Phi) is 2.75. The van der Waals surface area contributed by atoms with Crippen molar-refractivity contribution in [3.8, 4) is 0 Å². The van der Waals surface area contributed by atoms with Crippen molar-refractivity contribution in [1.82, 2.24) is 19.4 Å². The second-order valence-electron chi connectivity index (χ2n) is 6.29. The molecule has 1 amide bonds. The molecule has 2 aromatic rings. The monoisotopic (exact) mass is 300 g/mol. The number of imidazole rings is 1. The quantitative estimate of drug-likeness (QED) is 0.841. The van der Waals surface area contributed by atoms with E-state index >= 15 is 0 Å².